The molecule has 2 rings (SSSR count). The van der Waals surface area contributed by atoms with Gasteiger partial charge in [0.15, 0.2) is 0 Å². The fourth-order valence-electron chi connectivity index (χ4n) is 3.03. The summed E-state index contributed by atoms with van der Waals surface area (Å²) in [6, 6.07) is 7.04. The highest BCUT2D eigenvalue weighted by Gasteiger charge is 2.49. The Balaban J connectivity index is 2.36. The Bertz CT molecular complexity index is 396. The summed E-state index contributed by atoms with van der Waals surface area (Å²) >= 11 is 0. The molecule has 0 amide bonds. The minimum Gasteiger partial charge on any atom is -0.327 e. The molecule has 0 heterocycles. The van der Waals surface area contributed by atoms with Gasteiger partial charge < -0.3 is 5.73 Å². The van der Waals surface area contributed by atoms with Crippen molar-refractivity contribution >= 4 is 0 Å². The third-order valence-electron chi connectivity index (χ3n) is 4.92. The summed E-state index contributed by atoms with van der Waals surface area (Å²) in [5, 5.41) is 0. The van der Waals surface area contributed by atoms with Crippen LogP contribution in [0.15, 0.2) is 18.2 Å². The summed E-state index contributed by atoms with van der Waals surface area (Å²) in [5.41, 5.74) is 10.9. The normalized spacial score (nSPS) is 33.6. The van der Waals surface area contributed by atoms with E-state index in [-0.39, 0.29) is 0 Å². The van der Waals surface area contributed by atoms with Gasteiger partial charge in [0.25, 0.3) is 0 Å². The van der Waals surface area contributed by atoms with Crippen molar-refractivity contribution < 1.29 is 0 Å². The first kappa shape index (κ1) is 11.7. The maximum Gasteiger partial charge on any atom is 0.0105 e. The number of benzene rings is 1. The molecular formula is C15H23N. The van der Waals surface area contributed by atoms with Gasteiger partial charge in [-0.05, 0) is 54.7 Å². The fraction of sp³-hybridized carbons (Fsp3) is 0.600. The summed E-state index contributed by atoms with van der Waals surface area (Å²) < 4.78 is 0. The molecular weight excluding hydrogens is 194 g/mol. The molecule has 16 heavy (non-hydrogen) atoms. The number of nitrogens with two attached hydrogens (primary N) is 1. The predicted octanol–water partition coefficient (Wildman–Crippen LogP) is 3.53. The smallest absolute Gasteiger partial charge is 0.0105 e. The molecule has 0 radical (unpaired) electrons. The molecule has 1 fully saturated rings. The average Bonchev–Trinajstić information content (AvgIpc) is 2.29. The van der Waals surface area contributed by atoms with Crippen LogP contribution in [-0.4, -0.2) is 6.04 Å². The maximum atomic E-state index is 6.18. The van der Waals surface area contributed by atoms with Crippen LogP contribution in [0.4, 0.5) is 0 Å². The van der Waals surface area contributed by atoms with E-state index in [9.17, 15) is 0 Å². The molecule has 0 saturated heterocycles. The molecule has 1 aliphatic rings. The van der Waals surface area contributed by atoms with Gasteiger partial charge in [0.2, 0.25) is 0 Å². The van der Waals surface area contributed by atoms with Gasteiger partial charge in [-0.3, -0.25) is 0 Å². The first-order chi connectivity index (χ1) is 7.50. The van der Waals surface area contributed by atoms with Crippen LogP contribution in [0.3, 0.4) is 0 Å². The molecule has 0 bridgehead atoms. The molecule has 1 saturated carbocycles. The maximum absolute atomic E-state index is 6.18. The average molecular weight is 217 g/mol. The van der Waals surface area contributed by atoms with Gasteiger partial charge in [-0.2, -0.15) is 0 Å². The highest BCUT2D eigenvalue weighted by molar-refractivity contribution is 5.39. The second-order valence-corrected chi connectivity index (χ2v) is 5.54. The van der Waals surface area contributed by atoms with E-state index in [0.717, 1.165) is 6.42 Å². The van der Waals surface area contributed by atoms with Crippen molar-refractivity contribution in [1.82, 2.24) is 0 Å². The van der Waals surface area contributed by atoms with E-state index >= 15 is 0 Å². The second kappa shape index (κ2) is 3.89. The molecule has 1 aromatic carbocycles. The van der Waals surface area contributed by atoms with Crippen LogP contribution in [0.25, 0.3) is 0 Å². The summed E-state index contributed by atoms with van der Waals surface area (Å²) in [7, 11) is 0. The summed E-state index contributed by atoms with van der Waals surface area (Å²) in [5.74, 6) is 0.660. The Morgan fingerprint density at radius 1 is 1.38 bits per heavy atom. The lowest BCUT2D eigenvalue weighted by molar-refractivity contribution is 0.0702. The molecule has 0 aromatic heterocycles. The van der Waals surface area contributed by atoms with Gasteiger partial charge in [0.05, 0.1) is 0 Å². The molecule has 1 nitrogen and oxygen atoms in total. The minimum atomic E-state index is 0.304. The zero-order chi connectivity index (χ0) is 11.9. The SMILES string of the molecule is CCC1(C)C(N)CC1c1cccc(C)c1C. The van der Waals surface area contributed by atoms with E-state index in [1.165, 1.54) is 23.1 Å². The summed E-state index contributed by atoms with van der Waals surface area (Å²) in [4.78, 5) is 0. The van der Waals surface area contributed by atoms with Crippen molar-refractivity contribution in [2.75, 3.05) is 0 Å². The Kier molecular flexibility index (Phi) is 2.83. The minimum absolute atomic E-state index is 0.304. The molecule has 1 aromatic rings. The Morgan fingerprint density at radius 2 is 2.06 bits per heavy atom. The lowest BCUT2D eigenvalue weighted by Gasteiger charge is -2.53. The zero-order valence-corrected chi connectivity index (χ0v) is 10.9. The summed E-state index contributed by atoms with van der Waals surface area (Å²) in [6.07, 6.45) is 2.32. The number of rotatable bonds is 2. The van der Waals surface area contributed by atoms with E-state index in [4.69, 9.17) is 5.73 Å². The van der Waals surface area contributed by atoms with Crippen LogP contribution < -0.4 is 5.73 Å². The van der Waals surface area contributed by atoms with E-state index < -0.39 is 0 Å². The van der Waals surface area contributed by atoms with E-state index in [2.05, 4.69) is 45.9 Å². The lowest BCUT2D eigenvalue weighted by atomic mass is 9.54. The van der Waals surface area contributed by atoms with Crippen molar-refractivity contribution in [3.63, 3.8) is 0 Å². The van der Waals surface area contributed by atoms with Crippen LogP contribution >= 0.6 is 0 Å². The quantitative estimate of drug-likeness (QED) is 0.805. The monoisotopic (exact) mass is 217 g/mol. The molecule has 88 valence electrons. The van der Waals surface area contributed by atoms with Crippen LogP contribution in [-0.2, 0) is 0 Å². The third-order valence-corrected chi connectivity index (χ3v) is 4.92. The number of hydrogen-bond donors (Lipinski definition) is 1. The van der Waals surface area contributed by atoms with Gasteiger partial charge >= 0.3 is 0 Å². The van der Waals surface area contributed by atoms with Gasteiger partial charge in [0.1, 0.15) is 0 Å². The molecule has 0 aliphatic heterocycles. The first-order valence-electron chi connectivity index (χ1n) is 6.32. The molecule has 3 atom stereocenters. The molecule has 1 aliphatic carbocycles. The Morgan fingerprint density at radius 3 is 2.62 bits per heavy atom. The van der Waals surface area contributed by atoms with Crippen LogP contribution in [0.5, 0.6) is 0 Å². The van der Waals surface area contributed by atoms with Crippen molar-refractivity contribution in [2.45, 2.75) is 52.5 Å². The van der Waals surface area contributed by atoms with E-state index in [1.807, 2.05) is 0 Å². The molecule has 1 heteroatoms. The van der Waals surface area contributed by atoms with Crippen molar-refractivity contribution in [3.05, 3.63) is 34.9 Å². The largest absolute Gasteiger partial charge is 0.327 e. The lowest BCUT2D eigenvalue weighted by Crippen LogP contribution is -2.54. The van der Waals surface area contributed by atoms with Crippen molar-refractivity contribution in [2.24, 2.45) is 11.1 Å². The van der Waals surface area contributed by atoms with Gasteiger partial charge in [-0.1, -0.05) is 32.0 Å². The zero-order valence-electron chi connectivity index (χ0n) is 10.9. The topological polar surface area (TPSA) is 26.0 Å². The second-order valence-electron chi connectivity index (χ2n) is 5.54. The van der Waals surface area contributed by atoms with Gasteiger partial charge in [-0.25, -0.2) is 0 Å². The predicted molar refractivity (Wildman–Crippen MR) is 69.6 cm³/mol. The van der Waals surface area contributed by atoms with Crippen molar-refractivity contribution in [1.29, 1.82) is 0 Å². The highest BCUT2D eigenvalue weighted by atomic mass is 14.8. The Labute approximate surface area is 99.0 Å². The van der Waals surface area contributed by atoms with E-state index in [0.29, 0.717) is 17.4 Å². The van der Waals surface area contributed by atoms with Gasteiger partial charge in [0, 0.05) is 6.04 Å². The molecule has 2 N–H and O–H groups in total. The number of hydrogen-bond acceptors (Lipinski definition) is 1. The third kappa shape index (κ3) is 1.49. The van der Waals surface area contributed by atoms with Crippen LogP contribution in [0, 0.1) is 19.3 Å². The molecule has 0 spiro atoms. The van der Waals surface area contributed by atoms with Crippen LogP contribution in [0.2, 0.25) is 0 Å². The first-order valence-corrected chi connectivity index (χ1v) is 6.32. The standard InChI is InChI=1S/C15H23N/c1-5-15(4)13(9-14(15)16)12-8-6-7-10(2)11(12)3/h6-8,13-14H,5,9,16H2,1-4H3. The van der Waals surface area contributed by atoms with E-state index in [1.54, 1.807) is 0 Å². The van der Waals surface area contributed by atoms with Crippen molar-refractivity contribution in [3.8, 4) is 0 Å². The highest BCUT2D eigenvalue weighted by Crippen LogP contribution is 2.54. The van der Waals surface area contributed by atoms with Gasteiger partial charge in [-0.15, -0.1) is 0 Å². The number of aryl methyl sites for hydroxylation is 1. The molecule has 3 unspecified atom stereocenters. The Hall–Kier alpha value is -0.820. The van der Waals surface area contributed by atoms with Crippen LogP contribution in [0.1, 0.15) is 49.3 Å². The summed E-state index contributed by atoms with van der Waals surface area (Å²) in [6.45, 7) is 9.04. The fourth-order valence-corrected chi connectivity index (χ4v) is 3.03.